The van der Waals surface area contributed by atoms with Crippen LogP contribution in [0.2, 0.25) is 0 Å². The van der Waals surface area contributed by atoms with Crippen molar-refractivity contribution in [3.8, 4) is 5.75 Å². The number of phenols is 1. The first-order chi connectivity index (χ1) is 8.50. The van der Waals surface area contributed by atoms with Crippen LogP contribution in [0.1, 0.15) is 23.6 Å². The molecule has 0 radical (unpaired) electrons. The van der Waals surface area contributed by atoms with E-state index in [0.29, 0.717) is 19.0 Å². The molecule has 0 unspecified atom stereocenters. The standard InChI is InChI=1S/C15H23NO2/c1-11(2)10-18-6-5-16-9-14-7-12(3)15(17)13(4)8-14/h7-8,16-17H,1,5-6,9-10H2,2-4H3. The highest BCUT2D eigenvalue weighted by atomic mass is 16.5. The van der Waals surface area contributed by atoms with Crippen LogP contribution in [0.3, 0.4) is 0 Å². The van der Waals surface area contributed by atoms with Gasteiger partial charge in [-0.05, 0) is 37.5 Å². The Kier molecular flexibility index (Phi) is 5.89. The maximum atomic E-state index is 9.68. The molecule has 0 aliphatic heterocycles. The molecule has 0 bridgehead atoms. The Balaban J connectivity index is 2.29. The van der Waals surface area contributed by atoms with E-state index in [2.05, 4.69) is 11.9 Å². The van der Waals surface area contributed by atoms with Gasteiger partial charge in [0.15, 0.2) is 0 Å². The Morgan fingerprint density at radius 2 is 1.94 bits per heavy atom. The second-order valence-electron chi connectivity index (χ2n) is 4.76. The normalized spacial score (nSPS) is 10.6. The van der Waals surface area contributed by atoms with Crippen LogP contribution in [-0.4, -0.2) is 24.9 Å². The van der Waals surface area contributed by atoms with Crippen LogP contribution in [0.25, 0.3) is 0 Å². The van der Waals surface area contributed by atoms with Gasteiger partial charge < -0.3 is 15.2 Å². The Hall–Kier alpha value is -1.32. The molecule has 1 aromatic carbocycles. The number of ether oxygens (including phenoxy) is 1. The third-order valence-electron chi connectivity index (χ3n) is 2.65. The molecule has 0 aliphatic carbocycles. The largest absolute Gasteiger partial charge is 0.507 e. The zero-order valence-corrected chi connectivity index (χ0v) is 11.5. The Labute approximate surface area is 109 Å². The molecule has 0 fully saturated rings. The Morgan fingerprint density at radius 3 is 2.50 bits per heavy atom. The average Bonchev–Trinajstić information content (AvgIpc) is 2.30. The van der Waals surface area contributed by atoms with Gasteiger partial charge in [-0.1, -0.05) is 24.3 Å². The number of rotatable bonds is 7. The van der Waals surface area contributed by atoms with Crippen molar-refractivity contribution in [1.29, 1.82) is 0 Å². The molecule has 0 saturated carbocycles. The third kappa shape index (κ3) is 4.90. The van der Waals surface area contributed by atoms with Gasteiger partial charge in [0, 0.05) is 13.1 Å². The van der Waals surface area contributed by atoms with E-state index in [4.69, 9.17) is 4.74 Å². The minimum absolute atomic E-state index is 0.392. The smallest absolute Gasteiger partial charge is 0.121 e. The van der Waals surface area contributed by atoms with Crippen molar-refractivity contribution in [3.63, 3.8) is 0 Å². The summed E-state index contributed by atoms with van der Waals surface area (Å²) in [5.74, 6) is 0.392. The molecule has 2 N–H and O–H groups in total. The fraction of sp³-hybridized carbons (Fsp3) is 0.467. The molecule has 3 heteroatoms. The SMILES string of the molecule is C=C(C)COCCNCc1cc(C)c(O)c(C)c1. The van der Waals surface area contributed by atoms with E-state index in [9.17, 15) is 5.11 Å². The van der Waals surface area contributed by atoms with E-state index < -0.39 is 0 Å². The topological polar surface area (TPSA) is 41.5 Å². The Bertz CT molecular complexity index is 390. The maximum Gasteiger partial charge on any atom is 0.121 e. The first-order valence-electron chi connectivity index (χ1n) is 6.22. The van der Waals surface area contributed by atoms with Crippen LogP contribution in [0.5, 0.6) is 5.75 Å². The lowest BCUT2D eigenvalue weighted by Gasteiger charge is -2.09. The van der Waals surface area contributed by atoms with Crippen molar-refractivity contribution in [2.24, 2.45) is 0 Å². The molecule has 0 aromatic heterocycles. The highest BCUT2D eigenvalue weighted by Gasteiger charge is 2.02. The summed E-state index contributed by atoms with van der Waals surface area (Å²) in [5.41, 5.74) is 4.07. The van der Waals surface area contributed by atoms with Gasteiger partial charge in [-0.15, -0.1) is 0 Å². The molecule has 0 heterocycles. The van der Waals surface area contributed by atoms with Crippen LogP contribution in [0, 0.1) is 13.8 Å². The predicted molar refractivity (Wildman–Crippen MR) is 74.9 cm³/mol. The minimum Gasteiger partial charge on any atom is -0.507 e. The second-order valence-corrected chi connectivity index (χ2v) is 4.76. The van der Waals surface area contributed by atoms with Crippen LogP contribution in [-0.2, 0) is 11.3 Å². The van der Waals surface area contributed by atoms with Crippen molar-refractivity contribution in [1.82, 2.24) is 5.32 Å². The van der Waals surface area contributed by atoms with E-state index in [1.807, 2.05) is 32.9 Å². The van der Waals surface area contributed by atoms with Gasteiger partial charge >= 0.3 is 0 Å². The van der Waals surface area contributed by atoms with E-state index in [1.54, 1.807) is 0 Å². The van der Waals surface area contributed by atoms with Gasteiger partial charge in [-0.25, -0.2) is 0 Å². The van der Waals surface area contributed by atoms with Crippen LogP contribution in [0.4, 0.5) is 0 Å². The molecule has 3 nitrogen and oxygen atoms in total. The lowest BCUT2D eigenvalue weighted by molar-refractivity contribution is 0.158. The number of benzene rings is 1. The average molecular weight is 249 g/mol. The highest BCUT2D eigenvalue weighted by molar-refractivity contribution is 5.42. The molecule has 1 rings (SSSR count). The summed E-state index contributed by atoms with van der Waals surface area (Å²) in [6.07, 6.45) is 0. The van der Waals surface area contributed by atoms with Gasteiger partial charge in [0.2, 0.25) is 0 Å². The first-order valence-corrected chi connectivity index (χ1v) is 6.22. The minimum atomic E-state index is 0.392. The number of hydrogen-bond donors (Lipinski definition) is 2. The molecule has 0 aliphatic rings. The van der Waals surface area contributed by atoms with Crippen molar-refractivity contribution in [3.05, 3.63) is 41.0 Å². The fourth-order valence-corrected chi connectivity index (χ4v) is 1.77. The van der Waals surface area contributed by atoms with Crippen molar-refractivity contribution in [2.45, 2.75) is 27.3 Å². The molecule has 0 amide bonds. The van der Waals surface area contributed by atoms with Crippen molar-refractivity contribution < 1.29 is 9.84 Å². The van der Waals surface area contributed by atoms with Gasteiger partial charge in [0.25, 0.3) is 0 Å². The highest BCUT2D eigenvalue weighted by Crippen LogP contribution is 2.22. The molecule has 18 heavy (non-hydrogen) atoms. The van der Waals surface area contributed by atoms with Crippen LogP contribution in [0.15, 0.2) is 24.3 Å². The molecular formula is C15H23NO2. The lowest BCUT2D eigenvalue weighted by Crippen LogP contribution is -2.19. The van der Waals surface area contributed by atoms with Gasteiger partial charge in [0.05, 0.1) is 13.2 Å². The first kappa shape index (κ1) is 14.7. The predicted octanol–water partition coefficient (Wildman–Crippen LogP) is 2.69. The number of hydrogen-bond acceptors (Lipinski definition) is 3. The maximum absolute atomic E-state index is 9.68. The summed E-state index contributed by atoms with van der Waals surface area (Å²) in [6.45, 7) is 12.5. The Morgan fingerprint density at radius 1 is 1.33 bits per heavy atom. The molecule has 0 saturated heterocycles. The van der Waals surface area contributed by atoms with Crippen molar-refractivity contribution in [2.75, 3.05) is 19.8 Å². The monoisotopic (exact) mass is 249 g/mol. The second kappa shape index (κ2) is 7.19. The lowest BCUT2D eigenvalue weighted by atomic mass is 10.1. The van der Waals surface area contributed by atoms with E-state index in [1.165, 1.54) is 5.56 Å². The van der Waals surface area contributed by atoms with E-state index >= 15 is 0 Å². The zero-order valence-electron chi connectivity index (χ0n) is 11.5. The summed E-state index contributed by atoms with van der Waals surface area (Å²) in [6, 6.07) is 4.01. The fourth-order valence-electron chi connectivity index (χ4n) is 1.77. The van der Waals surface area contributed by atoms with Gasteiger partial charge in [-0.2, -0.15) is 0 Å². The van der Waals surface area contributed by atoms with Crippen molar-refractivity contribution >= 4 is 0 Å². The molecule has 1 aromatic rings. The molecule has 0 atom stereocenters. The molecule has 100 valence electrons. The van der Waals surface area contributed by atoms with Crippen LogP contribution >= 0.6 is 0 Å². The van der Waals surface area contributed by atoms with E-state index in [-0.39, 0.29) is 0 Å². The molecule has 0 spiro atoms. The number of phenolic OH excluding ortho intramolecular Hbond substituents is 1. The quantitative estimate of drug-likeness (QED) is 0.576. The third-order valence-corrected chi connectivity index (χ3v) is 2.65. The number of aryl methyl sites for hydroxylation is 2. The zero-order chi connectivity index (χ0) is 13.5. The number of aromatic hydroxyl groups is 1. The van der Waals surface area contributed by atoms with Crippen LogP contribution < -0.4 is 5.32 Å². The summed E-state index contributed by atoms with van der Waals surface area (Å²) < 4.78 is 5.40. The molecular weight excluding hydrogens is 226 g/mol. The van der Waals surface area contributed by atoms with E-state index in [0.717, 1.165) is 29.8 Å². The number of nitrogens with one attached hydrogen (secondary N) is 1. The van der Waals surface area contributed by atoms with Gasteiger partial charge in [0.1, 0.15) is 5.75 Å². The summed E-state index contributed by atoms with van der Waals surface area (Å²) >= 11 is 0. The summed E-state index contributed by atoms with van der Waals surface area (Å²) in [7, 11) is 0. The summed E-state index contributed by atoms with van der Waals surface area (Å²) in [4.78, 5) is 0. The summed E-state index contributed by atoms with van der Waals surface area (Å²) in [5, 5.41) is 13.0. The van der Waals surface area contributed by atoms with Gasteiger partial charge in [-0.3, -0.25) is 0 Å².